The Morgan fingerprint density at radius 3 is 1.65 bits per heavy atom. The Balaban J connectivity index is 0.000000201. The molecule has 0 atom stereocenters. The van der Waals surface area contributed by atoms with Crippen molar-refractivity contribution >= 4 is 46.5 Å². The van der Waals surface area contributed by atoms with Crippen molar-refractivity contribution < 1.29 is 27.2 Å². The zero-order valence-electron chi connectivity index (χ0n) is 27.6. The van der Waals surface area contributed by atoms with E-state index in [1.165, 1.54) is 24.3 Å². The molecule has 0 saturated carbocycles. The number of pyridine rings is 2. The summed E-state index contributed by atoms with van der Waals surface area (Å²) in [6.45, 7) is 2.07. The van der Waals surface area contributed by atoms with Crippen molar-refractivity contribution in [3.05, 3.63) is 169 Å². The summed E-state index contributed by atoms with van der Waals surface area (Å²) in [5.41, 5.74) is 5.88. The molecule has 0 N–H and O–H groups in total. The third-order valence-corrected chi connectivity index (χ3v) is 9.07. The smallest absolute Gasteiger partial charge is 0.171 e. The fraction of sp³-hybridized carbons (Fsp3) is 0.0952. The molecule has 0 saturated heterocycles. The molecule has 54 heavy (non-hydrogen) atoms. The zero-order valence-corrected chi connectivity index (χ0v) is 29.3. The summed E-state index contributed by atoms with van der Waals surface area (Å²) >= 11 is 2.11. The number of aromatic nitrogens is 4. The summed E-state index contributed by atoms with van der Waals surface area (Å²) in [5.74, 6) is 0.715. The van der Waals surface area contributed by atoms with Crippen LogP contribution >= 0.6 is 24.5 Å². The van der Waals surface area contributed by atoms with E-state index in [1.807, 2.05) is 89.0 Å². The van der Waals surface area contributed by atoms with Gasteiger partial charge < -0.3 is 9.78 Å². The van der Waals surface area contributed by atoms with Crippen LogP contribution in [0.5, 0.6) is 11.5 Å². The minimum absolute atomic E-state index is 0. The molecule has 0 aliphatic carbocycles. The second-order valence-electron chi connectivity index (χ2n) is 11.3. The molecular formula is C42H38F2N4O4S2. The Labute approximate surface area is 321 Å². The van der Waals surface area contributed by atoms with Crippen LogP contribution in [0, 0.1) is 11.6 Å². The standard InChI is InChI=1S/C21H17FN2O2S.C19H13FN2O2S.2CH4/c1-2-19-13-16-11-17(15-7-6-8-18(22)12-15)14-23-21(16)24(19)27-26-25-20-9-4-3-5-10-20;20-17-6-4-5-14(12-17)16-11-15-9-10-22(19(15)21-13-16)25-24-23-18-7-2-1-3-8-18;;/h3-14H,2H2,1H3;1-13H;2*1H4. The predicted octanol–water partition coefficient (Wildman–Crippen LogP) is 12.4. The molecule has 276 valence electrons. The molecule has 0 aliphatic rings. The Kier molecular flexibility index (Phi) is 13.8. The van der Waals surface area contributed by atoms with Gasteiger partial charge in [-0.15, -0.1) is 0 Å². The van der Waals surface area contributed by atoms with E-state index in [2.05, 4.69) is 23.0 Å². The normalized spacial score (nSPS) is 10.6. The number of aryl methyl sites for hydroxylation is 1. The molecule has 4 aromatic carbocycles. The van der Waals surface area contributed by atoms with Crippen LogP contribution in [0.1, 0.15) is 27.5 Å². The van der Waals surface area contributed by atoms with Gasteiger partial charge in [-0.25, -0.2) is 26.7 Å². The summed E-state index contributed by atoms with van der Waals surface area (Å²) in [4.78, 5) is 19.5. The van der Waals surface area contributed by atoms with Crippen molar-refractivity contribution in [1.29, 1.82) is 0 Å². The number of halogens is 2. The fourth-order valence-electron chi connectivity index (χ4n) is 5.29. The molecule has 8 rings (SSSR count). The maximum Gasteiger partial charge on any atom is 0.171 e. The van der Waals surface area contributed by atoms with E-state index in [4.69, 9.17) is 18.4 Å². The molecule has 0 amide bonds. The van der Waals surface area contributed by atoms with Crippen LogP contribution in [-0.2, 0) is 15.1 Å². The van der Waals surface area contributed by atoms with Gasteiger partial charge in [0.25, 0.3) is 0 Å². The number of benzene rings is 4. The number of para-hydroxylation sites is 2. The lowest BCUT2D eigenvalue weighted by Crippen LogP contribution is -1.98. The number of hydrogen-bond acceptors (Lipinski definition) is 8. The minimum Gasteiger partial charge on any atom is -0.324 e. The predicted molar refractivity (Wildman–Crippen MR) is 215 cm³/mol. The average molecular weight is 765 g/mol. The minimum atomic E-state index is -0.266. The summed E-state index contributed by atoms with van der Waals surface area (Å²) < 4.78 is 41.1. The van der Waals surface area contributed by atoms with Crippen LogP contribution in [0.25, 0.3) is 44.3 Å². The quantitative estimate of drug-likeness (QED) is 0.0732. The molecule has 0 spiro atoms. The zero-order chi connectivity index (χ0) is 35.7. The van der Waals surface area contributed by atoms with Crippen molar-refractivity contribution in [1.82, 2.24) is 17.9 Å². The number of rotatable bonds is 11. The number of fused-ring (bicyclic) bond motifs is 2. The Morgan fingerprint density at radius 1 is 0.556 bits per heavy atom. The van der Waals surface area contributed by atoms with E-state index in [9.17, 15) is 8.78 Å². The maximum atomic E-state index is 13.5. The highest BCUT2D eigenvalue weighted by Gasteiger charge is 2.13. The van der Waals surface area contributed by atoms with Gasteiger partial charge >= 0.3 is 0 Å². The SMILES string of the molecule is C.C.CCc1cc2cc(-c3cccc(F)c3)cnc2n1SOOc1ccccc1.Fc1cccc(-c2cnc3c(ccn3SOOc3ccccc3)c2)c1. The van der Waals surface area contributed by atoms with Gasteiger partial charge in [0.2, 0.25) is 0 Å². The number of hydrogen-bond donors (Lipinski definition) is 0. The molecule has 0 unspecified atom stereocenters. The summed E-state index contributed by atoms with van der Waals surface area (Å²) in [6, 6.07) is 39.5. The van der Waals surface area contributed by atoms with Crippen molar-refractivity contribution in [3.63, 3.8) is 0 Å². The average Bonchev–Trinajstić information content (AvgIpc) is 3.76. The second kappa shape index (κ2) is 18.9. The van der Waals surface area contributed by atoms with Crippen molar-refractivity contribution in [2.24, 2.45) is 0 Å². The van der Waals surface area contributed by atoms with E-state index in [0.717, 1.165) is 80.9 Å². The summed E-state index contributed by atoms with van der Waals surface area (Å²) in [6.07, 6.45) is 6.11. The van der Waals surface area contributed by atoms with Gasteiger partial charge in [0, 0.05) is 46.2 Å². The topological polar surface area (TPSA) is 72.6 Å². The van der Waals surface area contributed by atoms with Crippen LogP contribution in [0.3, 0.4) is 0 Å². The highest BCUT2D eigenvalue weighted by atomic mass is 32.2. The van der Waals surface area contributed by atoms with Gasteiger partial charge in [-0.1, -0.05) is 91.1 Å². The van der Waals surface area contributed by atoms with E-state index >= 15 is 0 Å². The molecule has 0 fully saturated rings. The molecule has 12 heteroatoms. The maximum absolute atomic E-state index is 13.5. The third-order valence-electron chi connectivity index (χ3n) is 7.80. The number of nitrogens with zero attached hydrogens (tertiary/aromatic N) is 4. The molecule has 8 aromatic rings. The van der Waals surface area contributed by atoms with Gasteiger partial charge in [-0.05, 0) is 90.3 Å². The van der Waals surface area contributed by atoms with Crippen LogP contribution in [0.2, 0.25) is 0 Å². The van der Waals surface area contributed by atoms with Crippen LogP contribution < -0.4 is 9.78 Å². The van der Waals surface area contributed by atoms with Gasteiger partial charge in [-0.2, -0.15) is 0 Å². The highest BCUT2D eigenvalue weighted by Crippen LogP contribution is 2.30. The lowest BCUT2D eigenvalue weighted by molar-refractivity contribution is -0.0786. The second-order valence-corrected chi connectivity index (χ2v) is 12.6. The first-order valence-corrected chi connectivity index (χ1v) is 17.6. The Bertz CT molecular complexity index is 2410. The van der Waals surface area contributed by atoms with Gasteiger partial charge in [0.1, 0.15) is 11.6 Å². The lowest BCUT2D eigenvalue weighted by atomic mass is 10.1. The molecule has 4 heterocycles. The largest absolute Gasteiger partial charge is 0.324 e. The van der Waals surface area contributed by atoms with Crippen molar-refractivity contribution in [2.45, 2.75) is 28.2 Å². The van der Waals surface area contributed by atoms with Crippen molar-refractivity contribution in [2.75, 3.05) is 0 Å². The van der Waals surface area contributed by atoms with Gasteiger partial charge in [-0.3, -0.25) is 0 Å². The van der Waals surface area contributed by atoms with Gasteiger partial charge in [0.05, 0.1) is 0 Å². The van der Waals surface area contributed by atoms with E-state index in [1.54, 1.807) is 40.6 Å². The first kappa shape index (κ1) is 39.5. The van der Waals surface area contributed by atoms with Crippen LogP contribution in [-0.4, -0.2) is 17.9 Å². The first-order chi connectivity index (χ1) is 25.5. The lowest BCUT2D eigenvalue weighted by Gasteiger charge is -2.07. The van der Waals surface area contributed by atoms with Crippen LogP contribution in [0.15, 0.2) is 152 Å². The molecule has 0 aliphatic heterocycles. The monoisotopic (exact) mass is 764 g/mol. The Morgan fingerprint density at radius 2 is 1.09 bits per heavy atom. The molecule has 0 bridgehead atoms. The van der Waals surface area contributed by atoms with Crippen LogP contribution in [0.4, 0.5) is 8.78 Å². The summed E-state index contributed by atoms with van der Waals surface area (Å²) in [7, 11) is 0. The summed E-state index contributed by atoms with van der Waals surface area (Å²) in [5, 5.41) is 1.89. The van der Waals surface area contributed by atoms with E-state index in [0.29, 0.717) is 11.5 Å². The Hall–Kier alpha value is -5.66. The van der Waals surface area contributed by atoms with Crippen molar-refractivity contribution in [3.8, 4) is 33.8 Å². The fourth-order valence-corrected chi connectivity index (χ4v) is 6.47. The van der Waals surface area contributed by atoms with Gasteiger partial charge in [0.15, 0.2) is 47.3 Å². The molecular weight excluding hydrogens is 727 g/mol. The first-order valence-electron chi connectivity index (χ1n) is 16.2. The molecule has 4 aromatic heterocycles. The van der Waals surface area contributed by atoms with E-state index in [-0.39, 0.29) is 26.5 Å². The molecule has 8 nitrogen and oxygen atoms in total. The van der Waals surface area contributed by atoms with E-state index < -0.39 is 0 Å². The molecule has 0 radical (unpaired) electrons. The third kappa shape index (κ3) is 9.65. The highest BCUT2D eigenvalue weighted by molar-refractivity contribution is 7.93.